The number of carbonyl (C=O) groups is 1. The van der Waals surface area contributed by atoms with Crippen LogP contribution in [0, 0.1) is 5.92 Å². The normalized spacial score (nSPS) is 19.8. The van der Waals surface area contributed by atoms with Crippen LogP contribution in [0.1, 0.15) is 58.8 Å². The maximum Gasteiger partial charge on any atom is 0.237 e. The lowest BCUT2D eigenvalue weighted by molar-refractivity contribution is -0.126. The second-order valence-electron chi connectivity index (χ2n) is 8.01. The fourth-order valence-corrected chi connectivity index (χ4v) is 3.66. The Labute approximate surface area is 164 Å². The van der Waals surface area contributed by atoms with Gasteiger partial charge in [-0.3, -0.25) is 14.7 Å². The van der Waals surface area contributed by atoms with E-state index in [0.717, 1.165) is 58.0 Å². The number of unbranched alkanes of at least 4 members (excludes halogenated alkanes) is 1. The lowest BCUT2D eigenvalue weighted by Crippen LogP contribution is -2.50. The summed E-state index contributed by atoms with van der Waals surface area (Å²) >= 11 is 0. The first-order valence-corrected chi connectivity index (χ1v) is 10.4. The standard InChI is InChI=1S/C19H41N7O/c1-14(2)16(8-5-11-24-19(22)23)25-18(27)17-9-6-12-26(17)13-15(21)7-3-4-10-20/h14-17H,3-13,20-21H2,1-2H3,(H,25,27)(H4,22,23,24)/t15-,16-,17?/m0/s1. The summed E-state index contributed by atoms with van der Waals surface area (Å²) in [5.74, 6) is 0.605. The van der Waals surface area contributed by atoms with Gasteiger partial charge in [-0.2, -0.15) is 0 Å². The van der Waals surface area contributed by atoms with Crippen molar-refractivity contribution in [3.63, 3.8) is 0 Å². The Morgan fingerprint density at radius 1 is 1.22 bits per heavy atom. The van der Waals surface area contributed by atoms with Gasteiger partial charge in [-0.25, -0.2) is 0 Å². The molecule has 0 bridgehead atoms. The van der Waals surface area contributed by atoms with Crippen molar-refractivity contribution < 1.29 is 4.79 Å². The Hall–Kier alpha value is -1.38. The molecule has 8 heteroatoms. The summed E-state index contributed by atoms with van der Waals surface area (Å²) in [6.45, 7) is 7.28. The molecule has 0 saturated carbocycles. The molecule has 0 spiro atoms. The second-order valence-corrected chi connectivity index (χ2v) is 8.01. The Bertz CT molecular complexity index is 451. The molecule has 1 unspecified atom stereocenters. The summed E-state index contributed by atoms with van der Waals surface area (Å²) in [5, 5.41) is 3.25. The van der Waals surface area contributed by atoms with Crippen LogP contribution in [0.15, 0.2) is 4.99 Å². The fraction of sp³-hybridized carbons (Fsp3) is 0.895. The third kappa shape index (κ3) is 9.39. The smallest absolute Gasteiger partial charge is 0.237 e. The highest BCUT2D eigenvalue weighted by atomic mass is 16.2. The average Bonchev–Trinajstić information content (AvgIpc) is 3.05. The molecule has 1 aliphatic rings. The molecule has 9 N–H and O–H groups in total. The first-order valence-electron chi connectivity index (χ1n) is 10.4. The van der Waals surface area contributed by atoms with Crippen LogP contribution in [0.2, 0.25) is 0 Å². The van der Waals surface area contributed by atoms with Crippen molar-refractivity contribution in [1.82, 2.24) is 10.2 Å². The lowest BCUT2D eigenvalue weighted by Gasteiger charge is -2.29. The predicted molar refractivity (Wildman–Crippen MR) is 112 cm³/mol. The molecule has 3 atom stereocenters. The molecular formula is C19H41N7O. The molecule has 8 nitrogen and oxygen atoms in total. The van der Waals surface area contributed by atoms with Crippen LogP contribution in [0.25, 0.3) is 0 Å². The average molecular weight is 384 g/mol. The third-order valence-electron chi connectivity index (χ3n) is 5.26. The van der Waals surface area contributed by atoms with E-state index in [1.54, 1.807) is 0 Å². The van der Waals surface area contributed by atoms with E-state index >= 15 is 0 Å². The summed E-state index contributed by atoms with van der Waals surface area (Å²) in [4.78, 5) is 19.1. The topological polar surface area (TPSA) is 149 Å². The van der Waals surface area contributed by atoms with Crippen LogP contribution in [-0.2, 0) is 4.79 Å². The Balaban J connectivity index is 2.49. The highest BCUT2D eigenvalue weighted by Gasteiger charge is 2.32. The van der Waals surface area contributed by atoms with Gasteiger partial charge in [0, 0.05) is 25.2 Å². The zero-order chi connectivity index (χ0) is 20.2. The molecule has 0 aromatic carbocycles. The van der Waals surface area contributed by atoms with E-state index in [1.165, 1.54) is 0 Å². The molecule has 0 radical (unpaired) electrons. The molecule has 0 aromatic rings. The van der Waals surface area contributed by atoms with Crippen molar-refractivity contribution >= 4 is 11.9 Å². The summed E-state index contributed by atoms with van der Waals surface area (Å²) in [6.07, 6.45) is 6.68. The number of hydrogen-bond donors (Lipinski definition) is 5. The quantitative estimate of drug-likeness (QED) is 0.173. The van der Waals surface area contributed by atoms with Gasteiger partial charge < -0.3 is 28.3 Å². The molecule has 1 amide bonds. The van der Waals surface area contributed by atoms with E-state index in [9.17, 15) is 4.79 Å². The van der Waals surface area contributed by atoms with Gasteiger partial charge in [0.1, 0.15) is 0 Å². The first-order chi connectivity index (χ1) is 12.8. The van der Waals surface area contributed by atoms with Gasteiger partial charge in [-0.15, -0.1) is 0 Å². The summed E-state index contributed by atoms with van der Waals surface area (Å²) in [6, 6.07) is 0.169. The SMILES string of the molecule is CC(C)[C@H](CCCN=C(N)N)NC(=O)C1CCCN1C[C@@H](N)CCCCN. The minimum absolute atomic E-state index is 0.0653. The minimum Gasteiger partial charge on any atom is -0.370 e. The van der Waals surface area contributed by atoms with Crippen LogP contribution >= 0.6 is 0 Å². The van der Waals surface area contributed by atoms with E-state index in [1.807, 2.05) is 0 Å². The molecule has 1 aliphatic heterocycles. The van der Waals surface area contributed by atoms with Gasteiger partial charge in [0.15, 0.2) is 5.96 Å². The minimum atomic E-state index is -0.0653. The van der Waals surface area contributed by atoms with E-state index in [0.29, 0.717) is 19.0 Å². The number of nitrogens with one attached hydrogen (secondary N) is 1. The molecule has 0 aromatic heterocycles. The Kier molecular flexibility index (Phi) is 11.3. The number of likely N-dealkylation sites (tertiary alicyclic amines) is 1. The highest BCUT2D eigenvalue weighted by Crippen LogP contribution is 2.19. The second kappa shape index (κ2) is 12.9. The van der Waals surface area contributed by atoms with Crippen LogP contribution in [0.3, 0.4) is 0 Å². The van der Waals surface area contributed by atoms with Gasteiger partial charge >= 0.3 is 0 Å². The number of nitrogens with zero attached hydrogens (tertiary/aromatic N) is 2. The van der Waals surface area contributed by atoms with Gasteiger partial charge in [0.05, 0.1) is 6.04 Å². The summed E-state index contributed by atoms with van der Waals surface area (Å²) in [5.41, 5.74) is 22.5. The molecule has 0 aliphatic carbocycles. The van der Waals surface area contributed by atoms with E-state index in [-0.39, 0.29) is 30.0 Å². The van der Waals surface area contributed by atoms with Crippen molar-refractivity contribution in [2.45, 2.75) is 76.9 Å². The van der Waals surface area contributed by atoms with Crippen molar-refractivity contribution in [1.29, 1.82) is 0 Å². The molecule has 1 fully saturated rings. The molecular weight excluding hydrogens is 342 g/mol. The van der Waals surface area contributed by atoms with Gasteiger partial charge in [0.25, 0.3) is 0 Å². The number of carbonyl (C=O) groups excluding carboxylic acids is 1. The van der Waals surface area contributed by atoms with E-state index < -0.39 is 0 Å². The largest absolute Gasteiger partial charge is 0.370 e. The predicted octanol–water partition coefficient (Wildman–Crippen LogP) is 0.102. The third-order valence-corrected chi connectivity index (χ3v) is 5.26. The number of aliphatic imine (C=N–C) groups is 1. The van der Waals surface area contributed by atoms with Crippen molar-refractivity contribution in [2.75, 3.05) is 26.2 Å². The van der Waals surface area contributed by atoms with Crippen molar-refractivity contribution in [3.8, 4) is 0 Å². The zero-order valence-electron chi connectivity index (χ0n) is 17.2. The summed E-state index contributed by atoms with van der Waals surface area (Å²) in [7, 11) is 0. The number of rotatable bonds is 13. The number of amides is 1. The number of nitrogens with two attached hydrogens (primary N) is 4. The van der Waals surface area contributed by atoms with Gasteiger partial charge in [-0.05, 0) is 57.5 Å². The van der Waals surface area contributed by atoms with Crippen LogP contribution in [0.5, 0.6) is 0 Å². The van der Waals surface area contributed by atoms with Crippen LogP contribution in [-0.4, -0.2) is 61.1 Å². The van der Waals surface area contributed by atoms with Gasteiger partial charge in [-0.1, -0.05) is 20.3 Å². The first kappa shape index (κ1) is 23.7. The Morgan fingerprint density at radius 3 is 2.59 bits per heavy atom. The maximum atomic E-state index is 12.9. The van der Waals surface area contributed by atoms with Crippen LogP contribution in [0.4, 0.5) is 0 Å². The zero-order valence-corrected chi connectivity index (χ0v) is 17.2. The van der Waals surface area contributed by atoms with E-state index in [4.69, 9.17) is 22.9 Å². The number of guanidine groups is 1. The van der Waals surface area contributed by atoms with Crippen molar-refractivity contribution in [2.24, 2.45) is 33.8 Å². The van der Waals surface area contributed by atoms with Crippen LogP contribution < -0.4 is 28.3 Å². The van der Waals surface area contributed by atoms with Gasteiger partial charge in [0.2, 0.25) is 5.91 Å². The molecule has 1 rings (SSSR count). The fourth-order valence-electron chi connectivity index (χ4n) is 3.66. The maximum absolute atomic E-state index is 12.9. The number of hydrogen-bond acceptors (Lipinski definition) is 5. The van der Waals surface area contributed by atoms with Crippen molar-refractivity contribution in [3.05, 3.63) is 0 Å². The molecule has 1 saturated heterocycles. The highest BCUT2D eigenvalue weighted by molar-refractivity contribution is 5.82. The lowest BCUT2D eigenvalue weighted by atomic mass is 9.98. The Morgan fingerprint density at radius 2 is 1.96 bits per heavy atom. The monoisotopic (exact) mass is 383 g/mol. The summed E-state index contributed by atoms with van der Waals surface area (Å²) < 4.78 is 0. The molecule has 27 heavy (non-hydrogen) atoms. The molecule has 158 valence electrons. The van der Waals surface area contributed by atoms with E-state index in [2.05, 4.69) is 29.1 Å². The molecule has 1 heterocycles.